The molecule has 0 spiro atoms. The standard InChI is InChI=1S/C42H36N4O2S/c1-44(2)35-15-5-29(6-16-35)31-9-19-37(20-10-31)46(38-21-11-32(12-22-38)30-7-17-36(18-8-30)45(3)4)39-23-13-33(14-24-39)41-26-25-40(49-41)27-34(28-43)42(47)48/h5-27H,1-4H3,(H,47,48)/b34-27+. The summed E-state index contributed by atoms with van der Waals surface area (Å²) in [5, 5.41) is 18.4. The predicted molar refractivity (Wildman–Crippen MR) is 205 cm³/mol. The molecule has 242 valence electrons. The molecule has 0 bridgehead atoms. The number of aliphatic carboxylic acids is 1. The van der Waals surface area contributed by atoms with Crippen molar-refractivity contribution in [3.63, 3.8) is 0 Å². The highest BCUT2D eigenvalue weighted by molar-refractivity contribution is 7.16. The van der Waals surface area contributed by atoms with Crippen LogP contribution in [0.2, 0.25) is 0 Å². The first-order valence-electron chi connectivity index (χ1n) is 15.8. The highest BCUT2D eigenvalue weighted by Crippen LogP contribution is 2.39. The van der Waals surface area contributed by atoms with Crippen LogP contribution in [0.5, 0.6) is 0 Å². The number of carboxylic acids is 1. The van der Waals surface area contributed by atoms with E-state index in [2.05, 4.69) is 136 Å². The van der Waals surface area contributed by atoms with Gasteiger partial charge in [-0.3, -0.25) is 0 Å². The van der Waals surface area contributed by atoms with Crippen molar-refractivity contribution in [1.29, 1.82) is 5.26 Å². The van der Waals surface area contributed by atoms with Crippen molar-refractivity contribution in [3.8, 4) is 38.8 Å². The fourth-order valence-electron chi connectivity index (χ4n) is 5.60. The largest absolute Gasteiger partial charge is 0.477 e. The number of carboxylic acid groups (broad SMARTS) is 1. The Morgan fingerprint density at radius 3 is 1.22 bits per heavy atom. The Balaban J connectivity index is 1.33. The summed E-state index contributed by atoms with van der Waals surface area (Å²) in [5.74, 6) is -1.23. The van der Waals surface area contributed by atoms with Crippen LogP contribution < -0.4 is 14.7 Å². The lowest BCUT2D eigenvalue weighted by molar-refractivity contribution is -0.132. The van der Waals surface area contributed by atoms with Crippen LogP contribution in [0.25, 0.3) is 38.8 Å². The van der Waals surface area contributed by atoms with Crippen LogP contribution in [0.1, 0.15) is 4.88 Å². The fourth-order valence-corrected chi connectivity index (χ4v) is 6.56. The maximum Gasteiger partial charge on any atom is 0.346 e. The van der Waals surface area contributed by atoms with Crippen LogP contribution in [0.15, 0.2) is 139 Å². The topological polar surface area (TPSA) is 70.8 Å². The third-order valence-electron chi connectivity index (χ3n) is 8.36. The van der Waals surface area contributed by atoms with E-state index in [0.29, 0.717) is 4.88 Å². The first kappa shape index (κ1) is 32.8. The molecule has 0 saturated carbocycles. The number of hydrogen-bond donors (Lipinski definition) is 1. The average Bonchev–Trinajstić information content (AvgIpc) is 3.60. The Morgan fingerprint density at radius 2 is 0.898 bits per heavy atom. The number of nitrogens with zero attached hydrogens (tertiary/aromatic N) is 4. The summed E-state index contributed by atoms with van der Waals surface area (Å²) in [6.45, 7) is 0. The Morgan fingerprint density at radius 1 is 0.551 bits per heavy atom. The minimum atomic E-state index is -1.23. The summed E-state index contributed by atoms with van der Waals surface area (Å²) in [6.07, 6.45) is 1.41. The molecule has 1 aromatic heterocycles. The highest BCUT2D eigenvalue weighted by Gasteiger charge is 2.15. The van der Waals surface area contributed by atoms with Crippen molar-refractivity contribution >= 4 is 51.8 Å². The summed E-state index contributed by atoms with van der Waals surface area (Å²) in [6, 6.07) is 48.3. The molecule has 0 saturated heterocycles. The smallest absolute Gasteiger partial charge is 0.346 e. The molecule has 6 nitrogen and oxygen atoms in total. The van der Waals surface area contributed by atoms with Crippen molar-refractivity contribution in [1.82, 2.24) is 0 Å². The number of rotatable bonds is 10. The van der Waals surface area contributed by atoms with E-state index in [1.54, 1.807) is 6.07 Å². The molecule has 0 aliphatic carbocycles. The number of thiophene rings is 1. The van der Waals surface area contributed by atoms with E-state index in [0.717, 1.165) is 61.1 Å². The molecule has 1 heterocycles. The van der Waals surface area contributed by atoms with Gasteiger partial charge in [0.15, 0.2) is 0 Å². The summed E-state index contributed by atoms with van der Waals surface area (Å²) in [7, 11) is 8.17. The zero-order valence-electron chi connectivity index (χ0n) is 27.8. The van der Waals surface area contributed by atoms with Crippen molar-refractivity contribution < 1.29 is 9.90 Å². The van der Waals surface area contributed by atoms with Gasteiger partial charge in [-0.25, -0.2) is 4.79 Å². The Labute approximate surface area is 291 Å². The normalized spacial score (nSPS) is 11.1. The zero-order chi connectivity index (χ0) is 34.5. The summed E-state index contributed by atoms with van der Waals surface area (Å²) in [4.78, 5) is 19.4. The first-order chi connectivity index (χ1) is 23.7. The van der Waals surface area contributed by atoms with E-state index in [1.165, 1.54) is 17.4 Å². The van der Waals surface area contributed by atoms with Gasteiger partial charge in [0, 0.05) is 66.4 Å². The molecule has 7 heteroatoms. The van der Waals surface area contributed by atoms with Crippen LogP contribution in [-0.4, -0.2) is 39.3 Å². The van der Waals surface area contributed by atoms with Crippen molar-refractivity contribution in [3.05, 3.63) is 144 Å². The van der Waals surface area contributed by atoms with Gasteiger partial charge in [-0.05, 0) is 107 Å². The molecular formula is C42H36N4O2S. The molecule has 1 N–H and O–H groups in total. The lowest BCUT2D eigenvalue weighted by atomic mass is 10.0. The molecule has 0 aliphatic rings. The van der Waals surface area contributed by atoms with Gasteiger partial charge in [-0.1, -0.05) is 60.7 Å². The molecule has 6 aromatic rings. The predicted octanol–water partition coefficient (Wildman–Crippen LogP) is 10.3. The first-order valence-corrected chi connectivity index (χ1v) is 16.6. The molecule has 49 heavy (non-hydrogen) atoms. The van der Waals surface area contributed by atoms with E-state index in [-0.39, 0.29) is 5.57 Å². The molecule has 0 fully saturated rings. The SMILES string of the molecule is CN(C)c1ccc(-c2ccc(N(c3ccc(-c4ccc(N(C)C)cc4)cc3)c3ccc(-c4ccc(/C=C(\C#N)C(=O)O)s4)cc3)cc2)cc1. The number of benzene rings is 5. The molecule has 0 atom stereocenters. The second kappa shape index (κ2) is 14.3. The van der Waals surface area contributed by atoms with E-state index in [4.69, 9.17) is 5.26 Å². The molecule has 0 amide bonds. The molecule has 0 radical (unpaired) electrons. The minimum absolute atomic E-state index is 0.285. The van der Waals surface area contributed by atoms with Gasteiger partial charge >= 0.3 is 5.97 Å². The van der Waals surface area contributed by atoms with Gasteiger partial charge < -0.3 is 19.8 Å². The molecule has 0 aliphatic heterocycles. The molecule has 0 unspecified atom stereocenters. The quantitative estimate of drug-likeness (QED) is 0.116. The maximum atomic E-state index is 11.3. The number of anilines is 5. The molecule has 6 rings (SSSR count). The Hall–Kier alpha value is -6.10. The lowest BCUT2D eigenvalue weighted by Gasteiger charge is -2.26. The van der Waals surface area contributed by atoms with Crippen LogP contribution in [-0.2, 0) is 4.79 Å². The maximum absolute atomic E-state index is 11.3. The number of nitriles is 1. The van der Waals surface area contributed by atoms with Crippen LogP contribution in [0.3, 0.4) is 0 Å². The van der Waals surface area contributed by atoms with E-state index < -0.39 is 5.97 Å². The average molecular weight is 661 g/mol. The van der Waals surface area contributed by atoms with Crippen molar-refractivity contribution in [2.75, 3.05) is 42.9 Å². The van der Waals surface area contributed by atoms with Gasteiger partial charge in [0.1, 0.15) is 11.6 Å². The minimum Gasteiger partial charge on any atom is -0.477 e. The Kier molecular flexibility index (Phi) is 9.61. The number of hydrogen-bond acceptors (Lipinski definition) is 6. The van der Waals surface area contributed by atoms with Crippen LogP contribution in [0.4, 0.5) is 28.4 Å². The van der Waals surface area contributed by atoms with Crippen molar-refractivity contribution in [2.24, 2.45) is 0 Å². The number of carbonyl (C=O) groups is 1. The lowest BCUT2D eigenvalue weighted by Crippen LogP contribution is -2.10. The van der Waals surface area contributed by atoms with Gasteiger partial charge in [-0.2, -0.15) is 5.26 Å². The van der Waals surface area contributed by atoms with E-state index in [1.807, 2.05) is 40.3 Å². The summed E-state index contributed by atoms with van der Waals surface area (Å²) >= 11 is 1.45. The summed E-state index contributed by atoms with van der Waals surface area (Å²) in [5.41, 5.74) is 10.7. The molecular weight excluding hydrogens is 625 g/mol. The van der Waals surface area contributed by atoms with Gasteiger partial charge in [0.05, 0.1) is 0 Å². The molecule has 5 aromatic carbocycles. The monoisotopic (exact) mass is 660 g/mol. The Bertz CT molecular complexity index is 2030. The second-order valence-corrected chi connectivity index (χ2v) is 13.2. The van der Waals surface area contributed by atoms with Crippen molar-refractivity contribution in [2.45, 2.75) is 0 Å². The van der Waals surface area contributed by atoms with Gasteiger partial charge in [0.25, 0.3) is 0 Å². The fraction of sp³-hybridized carbons (Fsp3) is 0.0952. The summed E-state index contributed by atoms with van der Waals surface area (Å²) < 4.78 is 0. The zero-order valence-corrected chi connectivity index (χ0v) is 28.6. The highest BCUT2D eigenvalue weighted by atomic mass is 32.1. The van der Waals surface area contributed by atoms with Gasteiger partial charge in [-0.15, -0.1) is 11.3 Å². The van der Waals surface area contributed by atoms with Gasteiger partial charge in [0.2, 0.25) is 0 Å². The van der Waals surface area contributed by atoms with E-state index >= 15 is 0 Å². The third kappa shape index (κ3) is 7.41. The second-order valence-electron chi connectivity index (χ2n) is 12.0. The van der Waals surface area contributed by atoms with Crippen LogP contribution >= 0.6 is 11.3 Å². The van der Waals surface area contributed by atoms with Crippen LogP contribution in [0, 0.1) is 11.3 Å². The third-order valence-corrected chi connectivity index (χ3v) is 9.44. The van der Waals surface area contributed by atoms with E-state index in [9.17, 15) is 9.90 Å².